The summed E-state index contributed by atoms with van der Waals surface area (Å²) < 4.78 is 40.9. The Kier molecular flexibility index (Phi) is 5.07. The van der Waals surface area contributed by atoms with Crippen LogP contribution in [-0.4, -0.2) is 57.4 Å². The van der Waals surface area contributed by atoms with E-state index >= 15 is 0 Å². The van der Waals surface area contributed by atoms with E-state index in [1.807, 2.05) is 0 Å². The quantitative estimate of drug-likeness (QED) is 0.774. The van der Waals surface area contributed by atoms with Crippen LogP contribution in [0.25, 0.3) is 0 Å². The third-order valence-corrected chi connectivity index (χ3v) is 5.80. The van der Waals surface area contributed by atoms with Crippen LogP contribution >= 0.6 is 0 Å². The summed E-state index contributed by atoms with van der Waals surface area (Å²) in [6, 6.07) is 5.66. The van der Waals surface area contributed by atoms with Gasteiger partial charge in [-0.25, -0.2) is 13.2 Å². The topological polar surface area (TPSA) is 81.1 Å². The lowest BCUT2D eigenvalue weighted by molar-refractivity contribution is -0.113. The lowest BCUT2D eigenvalue weighted by Gasteiger charge is -2.38. The Morgan fingerprint density at radius 1 is 1.06 bits per heavy atom. The minimum atomic E-state index is -2.91. The molecule has 0 aliphatic carbocycles. The zero-order chi connectivity index (χ0) is 22.5. The maximum absolute atomic E-state index is 14.9. The van der Waals surface area contributed by atoms with E-state index in [0.29, 0.717) is 24.9 Å². The number of carbonyl (C=O) groups is 2. The van der Waals surface area contributed by atoms with E-state index in [2.05, 4.69) is 0 Å². The smallest absolute Gasteiger partial charge is 0.282 e. The van der Waals surface area contributed by atoms with Crippen LogP contribution < -0.4 is 0 Å². The molecule has 6 nitrogen and oxygen atoms in total. The number of hydrogen-bond acceptors (Lipinski definition) is 4. The van der Waals surface area contributed by atoms with E-state index in [1.165, 1.54) is 23.1 Å². The SMILES string of the molecule is Cc1cc(C(=O)N2CCCC2c2ccc(C(=O)N3CC(F)(F)C3)cc2F)c(O)cc1O. The lowest BCUT2D eigenvalue weighted by atomic mass is 9.99. The summed E-state index contributed by atoms with van der Waals surface area (Å²) >= 11 is 0. The molecule has 4 rings (SSSR count). The van der Waals surface area contributed by atoms with Crippen molar-refractivity contribution in [2.45, 2.75) is 31.7 Å². The number of aryl methyl sites for hydroxylation is 1. The van der Waals surface area contributed by atoms with Gasteiger partial charge in [0, 0.05) is 23.7 Å². The van der Waals surface area contributed by atoms with Gasteiger partial charge in [0.05, 0.1) is 24.7 Å². The van der Waals surface area contributed by atoms with Gasteiger partial charge >= 0.3 is 0 Å². The Morgan fingerprint density at radius 3 is 2.42 bits per heavy atom. The number of benzene rings is 2. The molecule has 1 unspecified atom stereocenters. The van der Waals surface area contributed by atoms with Gasteiger partial charge in [0.1, 0.15) is 17.3 Å². The van der Waals surface area contributed by atoms with Crippen LogP contribution in [-0.2, 0) is 0 Å². The first-order chi connectivity index (χ1) is 14.6. The van der Waals surface area contributed by atoms with E-state index in [-0.39, 0.29) is 28.2 Å². The number of alkyl halides is 2. The van der Waals surface area contributed by atoms with Gasteiger partial charge in [-0.2, -0.15) is 0 Å². The molecule has 164 valence electrons. The Labute approximate surface area is 176 Å². The van der Waals surface area contributed by atoms with Gasteiger partial charge in [-0.3, -0.25) is 9.59 Å². The number of rotatable bonds is 3. The fourth-order valence-corrected chi connectivity index (χ4v) is 4.11. The van der Waals surface area contributed by atoms with Crippen molar-refractivity contribution in [3.05, 3.63) is 58.4 Å². The van der Waals surface area contributed by atoms with Crippen molar-refractivity contribution in [2.75, 3.05) is 19.6 Å². The first-order valence-electron chi connectivity index (χ1n) is 9.87. The minimum absolute atomic E-state index is 0.00752. The van der Waals surface area contributed by atoms with Gasteiger partial charge in [-0.05, 0) is 43.5 Å². The first kappa shape index (κ1) is 21.0. The van der Waals surface area contributed by atoms with E-state index in [1.54, 1.807) is 6.92 Å². The van der Waals surface area contributed by atoms with E-state index < -0.39 is 42.7 Å². The van der Waals surface area contributed by atoms with Gasteiger partial charge < -0.3 is 20.0 Å². The highest BCUT2D eigenvalue weighted by Gasteiger charge is 2.46. The Morgan fingerprint density at radius 2 is 1.77 bits per heavy atom. The largest absolute Gasteiger partial charge is 0.508 e. The highest BCUT2D eigenvalue weighted by atomic mass is 19.3. The average Bonchev–Trinajstić information content (AvgIpc) is 3.17. The molecule has 2 aliphatic rings. The van der Waals surface area contributed by atoms with Crippen LogP contribution in [0, 0.1) is 12.7 Å². The Bertz CT molecular complexity index is 1060. The fourth-order valence-electron chi connectivity index (χ4n) is 4.11. The lowest BCUT2D eigenvalue weighted by Crippen LogP contribution is -2.58. The normalized spacial score (nSPS) is 19.9. The van der Waals surface area contributed by atoms with Gasteiger partial charge in [0.15, 0.2) is 0 Å². The Hall–Kier alpha value is -3.23. The molecule has 2 heterocycles. The van der Waals surface area contributed by atoms with Crippen molar-refractivity contribution in [3.8, 4) is 11.5 Å². The second-order valence-corrected chi connectivity index (χ2v) is 8.07. The molecule has 2 N–H and O–H groups in total. The molecule has 2 fully saturated rings. The maximum atomic E-state index is 14.9. The molecule has 9 heteroatoms. The molecule has 0 bridgehead atoms. The second-order valence-electron chi connectivity index (χ2n) is 8.07. The molecule has 0 aromatic heterocycles. The standard InChI is InChI=1S/C22H21F3N2O4/c1-12-7-15(19(29)9-18(12)28)21(31)27-6-2-3-17(27)14-5-4-13(8-16(14)23)20(30)26-10-22(24,25)11-26/h4-5,7-9,17,28-29H,2-3,6,10-11H2,1H3. The predicted octanol–water partition coefficient (Wildman–Crippen LogP) is 3.61. The number of nitrogens with zero attached hydrogens (tertiary/aromatic N) is 2. The van der Waals surface area contributed by atoms with E-state index in [9.17, 15) is 33.0 Å². The van der Waals surface area contributed by atoms with Crippen molar-refractivity contribution in [2.24, 2.45) is 0 Å². The highest BCUT2D eigenvalue weighted by Crippen LogP contribution is 2.37. The number of hydrogen-bond donors (Lipinski definition) is 2. The monoisotopic (exact) mass is 434 g/mol. The van der Waals surface area contributed by atoms with E-state index in [0.717, 1.165) is 17.0 Å². The summed E-state index contributed by atoms with van der Waals surface area (Å²) in [5.41, 5.74) is 0.612. The van der Waals surface area contributed by atoms with Crippen molar-refractivity contribution in [1.82, 2.24) is 9.80 Å². The predicted molar refractivity (Wildman–Crippen MR) is 105 cm³/mol. The van der Waals surface area contributed by atoms with Crippen molar-refractivity contribution >= 4 is 11.8 Å². The molecule has 1 atom stereocenters. The molecule has 0 saturated carbocycles. The summed E-state index contributed by atoms with van der Waals surface area (Å²) in [4.78, 5) is 27.7. The zero-order valence-electron chi connectivity index (χ0n) is 16.7. The van der Waals surface area contributed by atoms with Crippen LogP contribution in [0.2, 0.25) is 0 Å². The highest BCUT2D eigenvalue weighted by molar-refractivity contribution is 5.98. The number of carbonyl (C=O) groups excluding carboxylic acids is 2. The van der Waals surface area contributed by atoms with Crippen molar-refractivity contribution in [3.63, 3.8) is 0 Å². The summed E-state index contributed by atoms with van der Waals surface area (Å²) in [6.07, 6.45) is 1.11. The fraction of sp³-hybridized carbons (Fsp3) is 0.364. The number of aromatic hydroxyl groups is 2. The molecule has 2 aliphatic heterocycles. The second kappa shape index (κ2) is 7.47. The molecule has 0 radical (unpaired) electrons. The minimum Gasteiger partial charge on any atom is -0.508 e. The number of phenolic OH excluding ortho intramolecular Hbond substituents is 2. The maximum Gasteiger partial charge on any atom is 0.282 e. The number of likely N-dealkylation sites (tertiary alicyclic amines) is 2. The molecular formula is C22H21F3N2O4. The molecule has 2 aromatic carbocycles. The summed E-state index contributed by atoms with van der Waals surface area (Å²) in [5, 5.41) is 19.8. The molecule has 2 amide bonds. The summed E-state index contributed by atoms with van der Waals surface area (Å²) in [5.74, 6) is -5.28. The molecule has 31 heavy (non-hydrogen) atoms. The van der Waals surface area contributed by atoms with Gasteiger partial charge in [-0.15, -0.1) is 0 Å². The van der Waals surface area contributed by atoms with Crippen LogP contribution in [0.1, 0.15) is 50.7 Å². The molecule has 2 aromatic rings. The first-order valence-corrected chi connectivity index (χ1v) is 9.87. The average molecular weight is 434 g/mol. The molecule has 0 spiro atoms. The summed E-state index contributed by atoms with van der Waals surface area (Å²) in [7, 11) is 0. The van der Waals surface area contributed by atoms with Gasteiger partial charge in [-0.1, -0.05) is 6.07 Å². The zero-order valence-corrected chi connectivity index (χ0v) is 16.7. The third kappa shape index (κ3) is 3.80. The number of amides is 2. The van der Waals surface area contributed by atoms with Crippen LogP contribution in [0.5, 0.6) is 11.5 Å². The summed E-state index contributed by atoms with van der Waals surface area (Å²) in [6.45, 7) is 0.577. The van der Waals surface area contributed by atoms with Gasteiger partial charge in [0.25, 0.3) is 17.7 Å². The van der Waals surface area contributed by atoms with E-state index in [4.69, 9.17) is 0 Å². The molecule has 2 saturated heterocycles. The number of halogens is 3. The van der Waals surface area contributed by atoms with Crippen molar-refractivity contribution < 1.29 is 33.0 Å². The Balaban J connectivity index is 1.57. The third-order valence-electron chi connectivity index (χ3n) is 5.80. The van der Waals surface area contributed by atoms with Gasteiger partial charge in [0.2, 0.25) is 0 Å². The number of phenols is 2. The van der Waals surface area contributed by atoms with Crippen LogP contribution in [0.15, 0.2) is 30.3 Å². The van der Waals surface area contributed by atoms with Crippen LogP contribution in [0.4, 0.5) is 13.2 Å². The van der Waals surface area contributed by atoms with Crippen LogP contribution in [0.3, 0.4) is 0 Å². The molecular weight excluding hydrogens is 413 g/mol. The van der Waals surface area contributed by atoms with Crippen molar-refractivity contribution in [1.29, 1.82) is 0 Å².